The first kappa shape index (κ1) is 23.0. The molecule has 0 aliphatic carbocycles. The lowest BCUT2D eigenvalue weighted by Crippen LogP contribution is -2.29. The van der Waals surface area contributed by atoms with Gasteiger partial charge in [0.05, 0.1) is 0 Å². The number of methoxy groups -OCH3 is 1. The number of ether oxygens (including phenoxy) is 3. The fourth-order valence-corrected chi connectivity index (χ4v) is 3.15. The van der Waals surface area contributed by atoms with Gasteiger partial charge in [0.25, 0.3) is 5.91 Å². The van der Waals surface area contributed by atoms with Gasteiger partial charge in [0, 0.05) is 31.7 Å². The van der Waals surface area contributed by atoms with Crippen LogP contribution in [0.25, 0.3) is 11.0 Å². The van der Waals surface area contributed by atoms with Crippen molar-refractivity contribution in [2.75, 3.05) is 26.9 Å². The summed E-state index contributed by atoms with van der Waals surface area (Å²) in [4.78, 5) is 36.7. The van der Waals surface area contributed by atoms with Crippen molar-refractivity contribution in [3.63, 3.8) is 0 Å². The van der Waals surface area contributed by atoms with Crippen LogP contribution in [-0.2, 0) is 9.53 Å². The maximum absolute atomic E-state index is 12.2. The number of carbonyl (C=O) groups is 2. The van der Waals surface area contributed by atoms with Crippen LogP contribution in [0.1, 0.15) is 27.9 Å². The minimum atomic E-state index is -0.774. The van der Waals surface area contributed by atoms with Crippen LogP contribution in [-0.4, -0.2) is 38.7 Å². The van der Waals surface area contributed by atoms with Crippen LogP contribution in [0.5, 0.6) is 11.5 Å². The van der Waals surface area contributed by atoms with E-state index in [0.29, 0.717) is 30.7 Å². The Morgan fingerprint density at radius 1 is 1.06 bits per heavy atom. The Labute approximate surface area is 185 Å². The first-order chi connectivity index (χ1) is 15.4. The van der Waals surface area contributed by atoms with E-state index in [-0.39, 0.29) is 23.5 Å². The lowest BCUT2D eigenvalue weighted by atomic mass is 10.1. The summed E-state index contributed by atoms with van der Waals surface area (Å²) in [5.74, 6) is -0.271. The molecule has 1 amide bonds. The lowest BCUT2D eigenvalue weighted by molar-refractivity contribution is -0.136. The van der Waals surface area contributed by atoms with Crippen LogP contribution in [0, 0.1) is 13.8 Å². The molecule has 1 heterocycles. The largest absolute Gasteiger partial charge is 0.481 e. The quantitative estimate of drug-likeness (QED) is 0.236. The van der Waals surface area contributed by atoms with Crippen LogP contribution in [0.2, 0.25) is 0 Å². The Morgan fingerprint density at radius 2 is 1.81 bits per heavy atom. The molecular formula is C24H25NO7. The van der Waals surface area contributed by atoms with E-state index in [1.54, 1.807) is 19.2 Å². The summed E-state index contributed by atoms with van der Waals surface area (Å²) in [6.07, 6.45) is 0.628. The molecule has 1 aromatic heterocycles. The van der Waals surface area contributed by atoms with Crippen molar-refractivity contribution in [1.29, 1.82) is 0 Å². The maximum atomic E-state index is 12.2. The Morgan fingerprint density at radius 3 is 2.53 bits per heavy atom. The molecule has 0 fully saturated rings. The van der Waals surface area contributed by atoms with Crippen LogP contribution in [0.4, 0.5) is 0 Å². The number of carbonyl (C=O) groups excluding carboxylic acids is 2. The van der Waals surface area contributed by atoms with Gasteiger partial charge < -0.3 is 23.9 Å². The molecule has 0 spiro atoms. The molecule has 0 aliphatic heterocycles. The van der Waals surface area contributed by atoms with Crippen molar-refractivity contribution in [1.82, 2.24) is 5.32 Å². The van der Waals surface area contributed by atoms with E-state index in [4.69, 9.17) is 18.6 Å². The number of aryl methyl sites for hydroxylation is 2. The predicted molar refractivity (Wildman–Crippen MR) is 118 cm³/mol. The van der Waals surface area contributed by atoms with Gasteiger partial charge in [0.15, 0.2) is 6.61 Å². The molecule has 0 saturated carbocycles. The number of para-hydroxylation sites is 1. The highest BCUT2D eigenvalue weighted by atomic mass is 16.6. The Kier molecular flexibility index (Phi) is 7.62. The monoisotopic (exact) mass is 439 g/mol. The lowest BCUT2D eigenvalue weighted by Gasteiger charge is -2.11. The molecule has 0 atom stereocenters. The minimum absolute atomic E-state index is 0.0957. The average molecular weight is 439 g/mol. The molecular weight excluding hydrogens is 414 g/mol. The van der Waals surface area contributed by atoms with Crippen molar-refractivity contribution in [3.8, 4) is 11.5 Å². The minimum Gasteiger partial charge on any atom is -0.481 e. The second-order valence-corrected chi connectivity index (χ2v) is 7.23. The second-order valence-electron chi connectivity index (χ2n) is 7.23. The SMILES string of the molecule is COCCCNC(=O)c1cc2ccc(OC(=O)COc3c(C)cccc3C)cc2oc1=O. The summed E-state index contributed by atoms with van der Waals surface area (Å²) >= 11 is 0. The maximum Gasteiger partial charge on any atom is 0.349 e. The van der Waals surface area contributed by atoms with Crippen molar-refractivity contribution >= 4 is 22.8 Å². The van der Waals surface area contributed by atoms with E-state index >= 15 is 0 Å². The highest BCUT2D eigenvalue weighted by Crippen LogP contribution is 2.23. The molecule has 3 aromatic rings. The zero-order chi connectivity index (χ0) is 23.1. The number of fused-ring (bicyclic) bond motifs is 1. The molecule has 0 saturated heterocycles. The van der Waals surface area contributed by atoms with Crippen molar-refractivity contribution in [2.24, 2.45) is 0 Å². The molecule has 8 heteroatoms. The van der Waals surface area contributed by atoms with E-state index in [0.717, 1.165) is 11.1 Å². The molecule has 1 N–H and O–H groups in total. The molecule has 168 valence electrons. The van der Waals surface area contributed by atoms with E-state index in [2.05, 4.69) is 5.32 Å². The van der Waals surface area contributed by atoms with Crippen molar-refractivity contribution in [3.05, 3.63) is 69.6 Å². The fraction of sp³-hybridized carbons (Fsp3) is 0.292. The highest BCUT2D eigenvalue weighted by molar-refractivity contribution is 5.96. The molecule has 32 heavy (non-hydrogen) atoms. The molecule has 8 nitrogen and oxygen atoms in total. The zero-order valence-electron chi connectivity index (χ0n) is 18.2. The van der Waals surface area contributed by atoms with Crippen LogP contribution in [0.3, 0.4) is 0 Å². The average Bonchev–Trinajstić information content (AvgIpc) is 2.75. The molecule has 0 unspecified atom stereocenters. The molecule has 0 aliphatic rings. The van der Waals surface area contributed by atoms with Gasteiger partial charge in [-0.05, 0) is 49.6 Å². The Balaban J connectivity index is 1.66. The summed E-state index contributed by atoms with van der Waals surface area (Å²) in [6, 6.07) is 11.7. The van der Waals surface area contributed by atoms with Crippen LogP contribution in [0.15, 0.2) is 51.7 Å². The number of amides is 1. The molecule has 3 rings (SSSR count). The standard InChI is InChI=1S/C24H25NO7/c1-15-6-4-7-16(2)22(15)30-14-21(26)31-18-9-8-17-12-19(24(28)32-20(17)13-18)23(27)25-10-5-11-29-3/h4,6-9,12-13H,5,10-11,14H2,1-3H3,(H,25,27). The van der Waals surface area contributed by atoms with Gasteiger partial charge in [-0.2, -0.15) is 0 Å². The van der Waals surface area contributed by atoms with Crippen molar-refractivity contribution < 1.29 is 28.2 Å². The van der Waals surface area contributed by atoms with Gasteiger partial charge in [-0.15, -0.1) is 0 Å². The number of esters is 1. The third kappa shape index (κ3) is 5.73. The van der Waals surface area contributed by atoms with E-state index in [1.807, 2.05) is 32.0 Å². The van der Waals surface area contributed by atoms with Gasteiger partial charge >= 0.3 is 11.6 Å². The topological polar surface area (TPSA) is 104 Å². The number of hydrogen-bond donors (Lipinski definition) is 1. The van der Waals surface area contributed by atoms with Gasteiger partial charge in [0.1, 0.15) is 22.6 Å². The number of benzene rings is 2. The van der Waals surface area contributed by atoms with Gasteiger partial charge in [-0.3, -0.25) is 4.79 Å². The zero-order valence-corrected chi connectivity index (χ0v) is 18.2. The fourth-order valence-electron chi connectivity index (χ4n) is 3.15. The van der Waals surface area contributed by atoms with E-state index in [9.17, 15) is 14.4 Å². The van der Waals surface area contributed by atoms with Gasteiger partial charge in [-0.1, -0.05) is 18.2 Å². The molecule has 0 radical (unpaired) electrons. The third-order valence-corrected chi connectivity index (χ3v) is 4.74. The van der Waals surface area contributed by atoms with Gasteiger partial charge in [0.2, 0.25) is 0 Å². The number of hydrogen-bond acceptors (Lipinski definition) is 7. The summed E-state index contributed by atoms with van der Waals surface area (Å²) in [7, 11) is 1.57. The van der Waals surface area contributed by atoms with E-state index in [1.165, 1.54) is 12.1 Å². The summed E-state index contributed by atoms with van der Waals surface area (Å²) < 4.78 is 21.1. The Bertz CT molecular complexity index is 1160. The Hall–Kier alpha value is -3.65. The van der Waals surface area contributed by atoms with Gasteiger partial charge in [-0.25, -0.2) is 9.59 Å². The number of rotatable bonds is 9. The van der Waals surface area contributed by atoms with Crippen molar-refractivity contribution in [2.45, 2.75) is 20.3 Å². The number of nitrogens with one attached hydrogen (secondary N) is 1. The first-order valence-electron chi connectivity index (χ1n) is 10.1. The second kappa shape index (κ2) is 10.6. The molecule has 0 bridgehead atoms. The normalized spacial score (nSPS) is 10.7. The summed E-state index contributed by atoms with van der Waals surface area (Å²) in [5, 5.41) is 3.18. The smallest absolute Gasteiger partial charge is 0.349 e. The third-order valence-electron chi connectivity index (χ3n) is 4.74. The first-order valence-corrected chi connectivity index (χ1v) is 10.1. The predicted octanol–water partition coefficient (Wildman–Crippen LogP) is 3.16. The molecule has 2 aromatic carbocycles. The summed E-state index contributed by atoms with van der Waals surface area (Å²) in [5.41, 5.74) is 1.17. The highest BCUT2D eigenvalue weighted by Gasteiger charge is 2.15. The van der Waals surface area contributed by atoms with E-state index < -0.39 is 17.5 Å². The van der Waals surface area contributed by atoms with Crippen LogP contribution < -0.4 is 20.4 Å². The summed E-state index contributed by atoms with van der Waals surface area (Å²) in [6.45, 7) is 4.41. The van der Waals surface area contributed by atoms with Crippen LogP contribution >= 0.6 is 0 Å².